The van der Waals surface area contributed by atoms with E-state index >= 15 is 0 Å². The number of amides is 1. The first-order valence-electron chi connectivity index (χ1n) is 11.5. The van der Waals surface area contributed by atoms with Crippen LogP contribution in [0.4, 0.5) is 0 Å². The monoisotopic (exact) mass is 505 g/mol. The van der Waals surface area contributed by atoms with Crippen LogP contribution in [-0.4, -0.2) is 29.0 Å². The highest BCUT2D eigenvalue weighted by Gasteiger charge is 2.22. The summed E-state index contributed by atoms with van der Waals surface area (Å²) in [7, 11) is 0. The number of carboxylic acids is 1. The Morgan fingerprint density at radius 1 is 1.22 bits per heavy atom. The van der Waals surface area contributed by atoms with Crippen LogP contribution in [0.15, 0.2) is 63.3 Å². The molecule has 4 rings (SSSR count). The lowest BCUT2D eigenvalue weighted by atomic mass is 10.1. The first-order valence-corrected chi connectivity index (χ1v) is 12.4. The van der Waals surface area contributed by atoms with E-state index in [0.717, 1.165) is 11.3 Å². The predicted molar refractivity (Wildman–Crippen MR) is 135 cm³/mol. The molecule has 9 heteroatoms. The number of ether oxygens (including phenoxy) is 1. The fourth-order valence-corrected chi connectivity index (χ4v) is 4.59. The van der Waals surface area contributed by atoms with E-state index in [1.54, 1.807) is 36.4 Å². The molecule has 0 spiro atoms. The van der Waals surface area contributed by atoms with Gasteiger partial charge in [0.2, 0.25) is 5.43 Å². The number of thiazole rings is 1. The van der Waals surface area contributed by atoms with Crippen LogP contribution in [0, 0.1) is 6.92 Å². The van der Waals surface area contributed by atoms with Crippen LogP contribution in [0.5, 0.6) is 5.75 Å². The van der Waals surface area contributed by atoms with Crippen LogP contribution >= 0.6 is 11.3 Å². The number of carboxylic acid groups (broad SMARTS) is 1. The van der Waals surface area contributed by atoms with E-state index in [2.05, 4.69) is 10.3 Å². The molecule has 0 radical (unpaired) electrons. The number of rotatable bonds is 9. The lowest BCUT2D eigenvalue weighted by molar-refractivity contribution is -0.308. The molecule has 0 saturated heterocycles. The number of nitrogens with zero attached hydrogens (tertiary/aromatic N) is 1. The molecule has 36 heavy (non-hydrogen) atoms. The van der Waals surface area contributed by atoms with E-state index in [-0.39, 0.29) is 11.8 Å². The Kier molecular flexibility index (Phi) is 7.49. The van der Waals surface area contributed by atoms with Crippen molar-refractivity contribution in [2.75, 3.05) is 0 Å². The van der Waals surface area contributed by atoms with Gasteiger partial charge in [-0.3, -0.25) is 9.59 Å². The second-order valence-corrected chi connectivity index (χ2v) is 9.27. The van der Waals surface area contributed by atoms with Gasteiger partial charge in [0, 0.05) is 17.1 Å². The van der Waals surface area contributed by atoms with E-state index in [1.165, 1.54) is 24.5 Å². The maximum Gasteiger partial charge on any atom is 0.261 e. The average molecular weight is 506 g/mol. The van der Waals surface area contributed by atoms with Gasteiger partial charge in [-0.25, -0.2) is 4.98 Å². The van der Waals surface area contributed by atoms with Crippen LogP contribution in [-0.2, 0) is 22.4 Å². The summed E-state index contributed by atoms with van der Waals surface area (Å²) in [6, 6.07) is 11.0. The molecule has 0 aliphatic carbocycles. The normalized spacial score (nSPS) is 12.8. The van der Waals surface area contributed by atoms with E-state index in [4.69, 9.17) is 9.15 Å². The maximum atomic E-state index is 13.1. The third-order valence-corrected chi connectivity index (χ3v) is 6.74. The van der Waals surface area contributed by atoms with E-state index in [0.29, 0.717) is 39.3 Å². The zero-order chi connectivity index (χ0) is 25.8. The molecule has 2 aromatic heterocycles. The molecule has 0 bridgehead atoms. The van der Waals surface area contributed by atoms with Crippen LogP contribution in [0.2, 0.25) is 0 Å². The quantitative estimate of drug-likeness (QED) is 0.371. The predicted octanol–water partition coefficient (Wildman–Crippen LogP) is 3.03. The van der Waals surface area contributed by atoms with Crippen molar-refractivity contribution in [2.24, 2.45) is 0 Å². The molecule has 2 aromatic carbocycles. The molecule has 4 aromatic rings. The van der Waals surface area contributed by atoms with Crippen LogP contribution in [0.1, 0.15) is 30.7 Å². The molecule has 8 nitrogen and oxygen atoms in total. The third kappa shape index (κ3) is 5.46. The Labute approximate surface area is 211 Å². The Morgan fingerprint density at radius 3 is 2.61 bits per heavy atom. The molecule has 0 fully saturated rings. The molecule has 0 aliphatic rings. The number of aromatic nitrogens is 1. The molecule has 0 unspecified atom stereocenters. The Balaban J connectivity index is 1.55. The second kappa shape index (κ2) is 10.7. The molecule has 1 amide bonds. The Bertz CT molecular complexity index is 1460. The zero-order valence-corrected chi connectivity index (χ0v) is 20.9. The van der Waals surface area contributed by atoms with E-state index in [9.17, 15) is 19.5 Å². The molecule has 1 N–H and O–H groups in total. The zero-order valence-electron chi connectivity index (χ0n) is 20.1. The van der Waals surface area contributed by atoms with Crippen molar-refractivity contribution in [1.29, 1.82) is 0 Å². The van der Waals surface area contributed by atoms with Crippen LogP contribution in [0.25, 0.3) is 21.5 Å². The number of benzene rings is 2. The fraction of sp³-hybridized carbons (Fsp3) is 0.259. The number of hydrogen-bond acceptors (Lipinski definition) is 8. The van der Waals surface area contributed by atoms with Crippen molar-refractivity contribution in [3.05, 3.63) is 81.2 Å². The standard InChI is InChI=1S/C27H26N2O6S/c1-4-18-11-19-23(34-13-20(24(19)30)26-28-15(2)14-36-26)12-22(18)35-16(3)25(31)29-21(27(32)33)10-17-8-6-5-7-9-17/h5-9,11-14,16,21H,4,10H2,1-3H3,(H,29,31)(H,32,33)/p-1/t16-,21-/m1/s1. The lowest BCUT2D eigenvalue weighted by Gasteiger charge is -2.23. The summed E-state index contributed by atoms with van der Waals surface area (Å²) in [6.45, 7) is 5.29. The smallest absolute Gasteiger partial charge is 0.261 e. The summed E-state index contributed by atoms with van der Waals surface area (Å²) in [4.78, 5) is 41.9. The minimum Gasteiger partial charge on any atom is -0.548 e. The second-order valence-electron chi connectivity index (χ2n) is 8.41. The third-order valence-electron chi connectivity index (χ3n) is 5.74. The highest BCUT2D eigenvalue weighted by atomic mass is 32.1. The number of aryl methyl sites for hydroxylation is 2. The number of hydrogen-bond donors (Lipinski definition) is 1. The lowest BCUT2D eigenvalue weighted by Crippen LogP contribution is -2.52. The number of carbonyl (C=O) groups excluding carboxylic acids is 2. The van der Waals surface area contributed by atoms with Gasteiger partial charge in [0.05, 0.1) is 23.0 Å². The van der Waals surface area contributed by atoms with Gasteiger partial charge in [0.15, 0.2) is 6.10 Å². The summed E-state index contributed by atoms with van der Waals surface area (Å²) in [6.07, 6.45) is 0.997. The SMILES string of the molecule is CCc1cc2c(=O)c(-c3nc(C)cs3)coc2cc1O[C@H](C)C(=O)N[C@H](Cc1ccccc1)C(=O)[O-]. The molecule has 2 atom stereocenters. The number of carbonyl (C=O) groups is 2. The van der Waals surface area contributed by atoms with Crippen LogP contribution in [0.3, 0.4) is 0 Å². The highest BCUT2D eigenvalue weighted by Crippen LogP contribution is 2.29. The van der Waals surface area contributed by atoms with Gasteiger partial charge in [-0.05, 0) is 43.9 Å². The van der Waals surface area contributed by atoms with Gasteiger partial charge in [-0.2, -0.15) is 0 Å². The van der Waals surface area contributed by atoms with E-state index in [1.807, 2.05) is 25.3 Å². The number of fused-ring (bicyclic) bond motifs is 1. The molecule has 0 aliphatic heterocycles. The van der Waals surface area contributed by atoms with Crippen molar-refractivity contribution in [3.63, 3.8) is 0 Å². The van der Waals surface area contributed by atoms with Crippen molar-refractivity contribution in [1.82, 2.24) is 10.3 Å². The topological polar surface area (TPSA) is 122 Å². The summed E-state index contributed by atoms with van der Waals surface area (Å²) in [5, 5.41) is 17.0. The number of nitrogens with one attached hydrogen (secondary N) is 1. The Hall–Kier alpha value is -3.98. The minimum absolute atomic E-state index is 0.0872. The molecule has 2 heterocycles. The summed E-state index contributed by atoms with van der Waals surface area (Å²) in [5.74, 6) is -1.60. The molecular weight excluding hydrogens is 480 g/mol. The van der Waals surface area contributed by atoms with Gasteiger partial charge in [0.25, 0.3) is 5.91 Å². The first-order chi connectivity index (χ1) is 17.3. The minimum atomic E-state index is -1.38. The van der Waals surface area contributed by atoms with Gasteiger partial charge in [-0.1, -0.05) is 37.3 Å². The summed E-state index contributed by atoms with van der Waals surface area (Å²) < 4.78 is 11.6. The average Bonchev–Trinajstić information content (AvgIpc) is 3.29. The first kappa shape index (κ1) is 25.1. The van der Waals surface area contributed by atoms with Gasteiger partial charge < -0.3 is 24.4 Å². The van der Waals surface area contributed by atoms with Crippen LogP contribution < -0.4 is 20.6 Å². The largest absolute Gasteiger partial charge is 0.548 e. The fourth-order valence-electron chi connectivity index (χ4n) is 3.79. The van der Waals surface area contributed by atoms with Gasteiger partial charge >= 0.3 is 0 Å². The maximum absolute atomic E-state index is 13.1. The molecule has 0 saturated carbocycles. The number of aliphatic carboxylic acids is 1. The van der Waals surface area contributed by atoms with Crippen molar-refractivity contribution >= 4 is 34.2 Å². The van der Waals surface area contributed by atoms with Crippen molar-refractivity contribution < 1.29 is 23.8 Å². The van der Waals surface area contributed by atoms with Crippen molar-refractivity contribution in [3.8, 4) is 16.3 Å². The highest BCUT2D eigenvalue weighted by molar-refractivity contribution is 7.13. The van der Waals surface area contributed by atoms with Gasteiger partial charge in [-0.15, -0.1) is 11.3 Å². The van der Waals surface area contributed by atoms with Crippen molar-refractivity contribution in [2.45, 2.75) is 45.8 Å². The summed E-state index contributed by atoms with van der Waals surface area (Å²) in [5.41, 5.74) is 2.79. The molecule has 186 valence electrons. The Morgan fingerprint density at radius 2 is 1.97 bits per heavy atom. The van der Waals surface area contributed by atoms with E-state index < -0.39 is 24.0 Å². The molecular formula is C27H25N2O6S-. The summed E-state index contributed by atoms with van der Waals surface area (Å²) >= 11 is 1.37. The van der Waals surface area contributed by atoms with Gasteiger partial charge in [0.1, 0.15) is 22.6 Å².